The first-order chi connectivity index (χ1) is 12.9. The molecular formula is C24H40O3. The van der Waals surface area contributed by atoms with E-state index in [2.05, 4.69) is 32.9 Å². The van der Waals surface area contributed by atoms with Crippen molar-refractivity contribution in [1.82, 2.24) is 0 Å². The van der Waals surface area contributed by atoms with Gasteiger partial charge in [0.05, 0.1) is 6.10 Å². The van der Waals surface area contributed by atoms with Crippen molar-refractivity contribution in [1.29, 1.82) is 0 Å². The van der Waals surface area contributed by atoms with E-state index in [9.17, 15) is 15.3 Å². The topological polar surface area (TPSA) is 60.7 Å². The SMILES string of the molecule is CCCCCCC(C)(C)c1ccc(C2C[C@H](O)CCC2CCCO)c(O)c1. The van der Waals surface area contributed by atoms with Crippen LogP contribution in [0.25, 0.3) is 0 Å². The molecule has 3 heteroatoms. The molecule has 2 unspecified atom stereocenters. The average Bonchev–Trinajstić information content (AvgIpc) is 2.64. The molecule has 2 rings (SSSR count). The third-order valence-electron chi connectivity index (χ3n) is 6.57. The molecule has 3 N–H and O–H groups in total. The summed E-state index contributed by atoms with van der Waals surface area (Å²) in [4.78, 5) is 0. The maximum atomic E-state index is 10.8. The van der Waals surface area contributed by atoms with Crippen molar-refractivity contribution in [2.45, 2.75) is 102 Å². The summed E-state index contributed by atoms with van der Waals surface area (Å²) in [5, 5.41) is 30.2. The molecule has 0 aliphatic heterocycles. The maximum Gasteiger partial charge on any atom is 0.119 e. The molecule has 0 aromatic heterocycles. The summed E-state index contributed by atoms with van der Waals surface area (Å²) in [6, 6.07) is 6.23. The number of unbranched alkanes of at least 4 members (excludes halogenated alkanes) is 3. The Morgan fingerprint density at radius 1 is 1.07 bits per heavy atom. The lowest BCUT2D eigenvalue weighted by Crippen LogP contribution is -2.27. The minimum Gasteiger partial charge on any atom is -0.508 e. The summed E-state index contributed by atoms with van der Waals surface area (Å²) in [6.45, 7) is 6.98. The van der Waals surface area contributed by atoms with Crippen LogP contribution in [-0.2, 0) is 5.41 Å². The standard InChI is InChI=1S/C24H40O3/c1-4-5-6-7-14-24(2,3)19-11-13-21(23(27)16-19)22-17-20(26)12-10-18(22)9-8-15-25/h11,13,16,18,20,22,25-27H,4-10,12,14-15,17H2,1-3H3/t18?,20-,22?/m1/s1. The van der Waals surface area contributed by atoms with Gasteiger partial charge in [-0.15, -0.1) is 0 Å². The molecule has 1 fully saturated rings. The van der Waals surface area contributed by atoms with Gasteiger partial charge in [0.15, 0.2) is 0 Å². The second kappa shape index (κ2) is 10.5. The lowest BCUT2D eigenvalue weighted by Gasteiger charge is -2.35. The van der Waals surface area contributed by atoms with E-state index >= 15 is 0 Å². The molecule has 1 aliphatic carbocycles. The van der Waals surface area contributed by atoms with Crippen molar-refractivity contribution in [2.24, 2.45) is 5.92 Å². The zero-order valence-electron chi connectivity index (χ0n) is 17.6. The number of aromatic hydroxyl groups is 1. The van der Waals surface area contributed by atoms with E-state index < -0.39 is 0 Å². The second-order valence-electron chi connectivity index (χ2n) is 9.17. The number of hydrogen-bond acceptors (Lipinski definition) is 3. The molecule has 0 radical (unpaired) electrons. The quantitative estimate of drug-likeness (QED) is 0.462. The molecule has 3 nitrogen and oxygen atoms in total. The van der Waals surface area contributed by atoms with Crippen molar-refractivity contribution in [3.05, 3.63) is 29.3 Å². The van der Waals surface area contributed by atoms with E-state index in [4.69, 9.17) is 0 Å². The van der Waals surface area contributed by atoms with E-state index in [1.807, 2.05) is 6.07 Å². The van der Waals surface area contributed by atoms with Gasteiger partial charge in [-0.25, -0.2) is 0 Å². The predicted molar refractivity (Wildman–Crippen MR) is 112 cm³/mol. The molecule has 0 amide bonds. The van der Waals surface area contributed by atoms with Gasteiger partial charge in [-0.2, -0.15) is 0 Å². The first-order valence-electron chi connectivity index (χ1n) is 11.0. The highest BCUT2D eigenvalue weighted by atomic mass is 16.3. The van der Waals surface area contributed by atoms with Crippen LogP contribution in [-0.4, -0.2) is 28.0 Å². The third-order valence-corrected chi connectivity index (χ3v) is 6.57. The Morgan fingerprint density at radius 2 is 1.85 bits per heavy atom. The fraction of sp³-hybridized carbons (Fsp3) is 0.750. The summed E-state index contributed by atoms with van der Waals surface area (Å²) < 4.78 is 0. The van der Waals surface area contributed by atoms with E-state index in [0.29, 0.717) is 18.1 Å². The Labute approximate surface area is 165 Å². The number of benzene rings is 1. The number of hydrogen-bond donors (Lipinski definition) is 3. The third kappa shape index (κ3) is 6.22. The molecule has 3 atom stereocenters. The van der Waals surface area contributed by atoms with E-state index in [1.165, 1.54) is 31.2 Å². The lowest BCUT2D eigenvalue weighted by atomic mass is 9.71. The fourth-order valence-corrected chi connectivity index (χ4v) is 4.71. The molecule has 0 bridgehead atoms. The normalized spacial score (nSPS) is 23.5. The Bertz CT molecular complexity index is 565. The average molecular weight is 377 g/mol. The molecule has 1 aromatic carbocycles. The van der Waals surface area contributed by atoms with Crippen molar-refractivity contribution in [3.8, 4) is 5.75 Å². The summed E-state index contributed by atoms with van der Waals surface area (Å²) >= 11 is 0. The molecule has 1 saturated carbocycles. The first kappa shape index (κ1) is 22.2. The van der Waals surface area contributed by atoms with Crippen molar-refractivity contribution in [3.63, 3.8) is 0 Å². The fourth-order valence-electron chi connectivity index (χ4n) is 4.71. The molecule has 0 spiro atoms. The van der Waals surface area contributed by atoms with Gasteiger partial charge in [0, 0.05) is 6.61 Å². The Morgan fingerprint density at radius 3 is 2.52 bits per heavy atom. The Hall–Kier alpha value is -1.06. The van der Waals surface area contributed by atoms with E-state index in [0.717, 1.165) is 37.7 Å². The smallest absolute Gasteiger partial charge is 0.119 e. The van der Waals surface area contributed by atoms with Gasteiger partial charge in [-0.1, -0.05) is 58.6 Å². The number of rotatable bonds is 10. The zero-order chi connectivity index (χ0) is 19.9. The molecule has 0 heterocycles. The van der Waals surface area contributed by atoms with Crippen LogP contribution in [0, 0.1) is 5.92 Å². The van der Waals surface area contributed by atoms with E-state index in [1.54, 1.807) is 0 Å². The summed E-state index contributed by atoms with van der Waals surface area (Å²) in [5.41, 5.74) is 2.23. The number of phenolic OH excluding ortho intramolecular Hbond substituents is 1. The number of aliphatic hydroxyl groups is 2. The largest absolute Gasteiger partial charge is 0.508 e. The van der Waals surface area contributed by atoms with Gasteiger partial charge < -0.3 is 15.3 Å². The molecule has 1 aromatic rings. The van der Waals surface area contributed by atoms with Crippen LogP contribution in [0.3, 0.4) is 0 Å². The van der Waals surface area contributed by atoms with Crippen LogP contribution >= 0.6 is 0 Å². The van der Waals surface area contributed by atoms with Gasteiger partial charge in [-0.05, 0) is 73.0 Å². The first-order valence-corrected chi connectivity index (χ1v) is 11.0. The van der Waals surface area contributed by atoms with Gasteiger partial charge in [-0.3, -0.25) is 0 Å². The highest BCUT2D eigenvalue weighted by Gasteiger charge is 2.32. The van der Waals surface area contributed by atoms with Crippen LogP contribution in [0.4, 0.5) is 0 Å². The maximum absolute atomic E-state index is 10.8. The number of phenols is 1. The van der Waals surface area contributed by atoms with Gasteiger partial charge in [0.25, 0.3) is 0 Å². The minimum atomic E-state index is -0.283. The van der Waals surface area contributed by atoms with Crippen LogP contribution in [0.15, 0.2) is 18.2 Å². The van der Waals surface area contributed by atoms with Gasteiger partial charge in [0.2, 0.25) is 0 Å². The monoisotopic (exact) mass is 376 g/mol. The molecule has 0 saturated heterocycles. The van der Waals surface area contributed by atoms with Crippen molar-refractivity contribution < 1.29 is 15.3 Å². The summed E-state index contributed by atoms with van der Waals surface area (Å²) in [6.07, 6.45) is 10.1. The van der Waals surface area contributed by atoms with Gasteiger partial charge in [0.1, 0.15) is 5.75 Å². The van der Waals surface area contributed by atoms with Crippen LogP contribution in [0.1, 0.15) is 102 Å². The Kier molecular flexibility index (Phi) is 8.62. The molecule has 1 aliphatic rings. The molecule has 27 heavy (non-hydrogen) atoms. The summed E-state index contributed by atoms with van der Waals surface area (Å²) in [5.74, 6) is 0.989. The minimum absolute atomic E-state index is 0.0616. The van der Waals surface area contributed by atoms with Crippen LogP contribution in [0.5, 0.6) is 5.75 Å². The highest BCUT2D eigenvalue weighted by molar-refractivity contribution is 5.42. The summed E-state index contributed by atoms with van der Waals surface area (Å²) in [7, 11) is 0. The highest BCUT2D eigenvalue weighted by Crippen LogP contribution is 2.44. The second-order valence-corrected chi connectivity index (χ2v) is 9.17. The molecule has 154 valence electrons. The predicted octanol–water partition coefficient (Wildman–Crippen LogP) is 5.66. The lowest BCUT2D eigenvalue weighted by molar-refractivity contribution is 0.0879. The Balaban J connectivity index is 2.13. The van der Waals surface area contributed by atoms with Crippen molar-refractivity contribution in [2.75, 3.05) is 6.61 Å². The van der Waals surface area contributed by atoms with Gasteiger partial charge >= 0.3 is 0 Å². The van der Waals surface area contributed by atoms with Crippen molar-refractivity contribution >= 4 is 0 Å². The van der Waals surface area contributed by atoms with Crippen LogP contribution in [0.2, 0.25) is 0 Å². The van der Waals surface area contributed by atoms with Crippen LogP contribution < -0.4 is 0 Å². The number of aliphatic hydroxyl groups excluding tert-OH is 2. The van der Waals surface area contributed by atoms with E-state index in [-0.39, 0.29) is 24.0 Å². The molecular weight excluding hydrogens is 336 g/mol. The zero-order valence-corrected chi connectivity index (χ0v) is 17.6.